The molecule has 4 nitrogen and oxygen atoms in total. The van der Waals surface area contributed by atoms with Crippen molar-refractivity contribution in [3.63, 3.8) is 0 Å². The molecule has 1 aromatic heterocycles. The minimum Gasteiger partial charge on any atom is -0.331 e. The number of carbonyl (C=O) groups excluding carboxylic acids is 1. The van der Waals surface area contributed by atoms with Gasteiger partial charge in [-0.1, -0.05) is 27.5 Å². The smallest absolute Gasteiger partial charge is 0.257 e. The summed E-state index contributed by atoms with van der Waals surface area (Å²) in [7, 11) is 0. The predicted octanol–water partition coefficient (Wildman–Crippen LogP) is 3.62. The molecular formula is C13H9BrClN3OS. The van der Waals surface area contributed by atoms with Gasteiger partial charge in [-0.05, 0) is 48.6 Å². The lowest BCUT2D eigenvalue weighted by atomic mass is 10.2. The van der Waals surface area contributed by atoms with Crippen molar-refractivity contribution in [3.8, 4) is 0 Å². The van der Waals surface area contributed by atoms with Crippen LogP contribution in [0.25, 0.3) is 0 Å². The summed E-state index contributed by atoms with van der Waals surface area (Å²) in [5, 5.41) is 6.02. The molecule has 0 aliphatic rings. The number of rotatable bonds is 2. The SMILES string of the molecule is O=C(NC(=S)Nc1ccc(Cl)nc1)c1ccc(Br)cc1. The Morgan fingerprint density at radius 1 is 1.20 bits per heavy atom. The van der Waals surface area contributed by atoms with Crippen molar-refractivity contribution in [2.45, 2.75) is 0 Å². The molecule has 0 aliphatic carbocycles. The van der Waals surface area contributed by atoms with E-state index in [1.54, 1.807) is 36.4 Å². The monoisotopic (exact) mass is 369 g/mol. The summed E-state index contributed by atoms with van der Waals surface area (Å²) in [6, 6.07) is 10.3. The lowest BCUT2D eigenvalue weighted by molar-refractivity contribution is 0.0977. The summed E-state index contributed by atoms with van der Waals surface area (Å²) < 4.78 is 0.905. The highest BCUT2D eigenvalue weighted by Crippen LogP contribution is 2.11. The van der Waals surface area contributed by atoms with Crippen molar-refractivity contribution in [2.75, 3.05) is 5.32 Å². The third kappa shape index (κ3) is 4.26. The summed E-state index contributed by atoms with van der Waals surface area (Å²) in [5.74, 6) is -0.281. The van der Waals surface area contributed by atoms with Crippen molar-refractivity contribution in [1.29, 1.82) is 0 Å². The molecule has 0 saturated heterocycles. The molecule has 1 heterocycles. The quantitative estimate of drug-likeness (QED) is 0.626. The Kier molecular flexibility index (Phi) is 5.05. The summed E-state index contributed by atoms with van der Waals surface area (Å²) in [6.45, 7) is 0. The Morgan fingerprint density at radius 2 is 1.90 bits per heavy atom. The van der Waals surface area contributed by atoms with Crippen molar-refractivity contribution in [1.82, 2.24) is 10.3 Å². The Labute approximate surface area is 134 Å². The molecule has 102 valence electrons. The maximum absolute atomic E-state index is 11.9. The van der Waals surface area contributed by atoms with Crippen LogP contribution in [0.4, 0.5) is 5.69 Å². The van der Waals surface area contributed by atoms with E-state index in [0.717, 1.165) is 4.47 Å². The average Bonchev–Trinajstić information content (AvgIpc) is 2.42. The summed E-state index contributed by atoms with van der Waals surface area (Å²) in [6.07, 6.45) is 1.53. The van der Waals surface area contributed by atoms with Crippen LogP contribution in [-0.4, -0.2) is 16.0 Å². The van der Waals surface area contributed by atoms with Crippen LogP contribution in [0.3, 0.4) is 0 Å². The molecule has 0 spiro atoms. The maximum Gasteiger partial charge on any atom is 0.257 e. The number of pyridine rings is 1. The van der Waals surface area contributed by atoms with E-state index in [4.69, 9.17) is 23.8 Å². The molecule has 0 aliphatic heterocycles. The second-order valence-electron chi connectivity index (χ2n) is 3.78. The fourth-order valence-corrected chi connectivity index (χ4v) is 1.98. The molecule has 0 bridgehead atoms. The first-order valence-corrected chi connectivity index (χ1v) is 7.12. The molecule has 0 atom stereocenters. The molecule has 0 fully saturated rings. The van der Waals surface area contributed by atoms with E-state index in [9.17, 15) is 4.79 Å². The number of carbonyl (C=O) groups is 1. The zero-order chi connectivity index (χ0) is 14.5. The Morgan fingerprint density at radius 3 is 2.50 bits per heavy atom. The third-order valence-electron chi connectivity index (χ3n) is 2.32. The Bertz CT molecular complexity index is 631. The van der Waals surface area contributed by atoms with Gasteiger partial charge < -0.3 is 5.32 Å². The maximum atomic E-state index is 11.9. The van der Waals surface area contributed by atoms with Gasteiger partial charge in [-0.3, -0.25) is 10.1 Å². The van der Waals surface area contributed by atoms with Gasteiger partial charge in [0.15, 0.2) is 5.11 Å². The second-order valence-corrected chi connectivity index (χ2v) is 5.50. The van der Waals surface area contributed by atoms with Gasteiger partial charge in [0.1, 0.15) is 5.15 Å². The highest BCUT2D eigenvalue weighted by atomic mass is 79.9. The highest BCUT2D eigenvalue weighted by molar-refractivity contribution is 9.10. The first-order valence-electron chi connectivity index (χ1n) is 5.54. The third-order valence-corrected chi connectivity index (χ3v) is 3.28. The fraction of sp³-hybridized carbons (Fsp3) is 0. The van der Waals surface area contributed by atoms with E-state index in [-0.39, 0.29) is 11.0 Å². The van der Waals surface area contributed by atoms with Crippen LogP contribution in [-0.2, 0) is 0 Å². The lowest BCUT2D eigenvalue weighted by Gasteiger charge is -2.09. The normalized spacial score (nSPS) is 9.90. The van der Waals surface area contributed by atoms with Gasteiger partial charge in [-0.2, -0.15) is 0 Å². The van der Waals surface area contributed by atoms with Gasteiger partial charge in [0.25, 0.3) is 5.91 Å². The largest absolute Gasteiger partial charge is 0.331 e. The fourth-order valence-electron chi connectivity index (χ4n) is 1.39. The number of hydrogen-bond acceptors (Lipinski definition) is 3. The number of thiocarbonyl (C=S) groups is 1. The van der Waals surface area contributed by atoms with E-state index in [1.807, 2.05) is 0 Å². The highest BCUT2D eigenvalue weighted by Gasteiger charge is 2.07. The van der Waals surface area contributed by atoms with E-state index in [1.165, 1.54) is 6.20 Å². The van der Waals surface area contributed by atoms with Crippen LogP contribution in [0.1, 0.15) is 10.4 Å². The van der Waals surface area contributed by atoms with E-state index in [2.05, 4.69) is 31.5 Å². The Hall–Kier alpha value is -1.50. The minimum absolute atomic E-state index is 0.196. The molecule has 0 saturated carbocycles. The van der Waals surface area contributed by atoms with Crippen LogP contribution in [0.5, 0.6) is 0 Å². The molecule has 0 radical (unpaired) electrons. The first-order chi connectivity index (χ1) is 9.54. The van der Waals surface area contributed by atoms with Gasteiger partial charge in [-0.15, -0.1) is 0 Å². The number of amides is 1. The zero-order valence-corrected chi connectivity index (χ0v) is 13.2. The van der Waals surface area contributed by atoms with Crippen LogP contribution in [0.15, 0.2) is 47.1 Å². The molecule has 7 heteroatoms. The number of halogens is 2. The van der Waals surface area contributed by atoms with Crippen LogP contribution in [0, 0.1) is 0 Å². The first kappa shape index (κ1) is 14.9. The summed E-state index contributed by atoms with van der Waals surface area (Å²) >= 11 is 14.0. The van der Waals surface area contributed by atoms with Crippen molar-refractivity contribution >= 4 is 56.5 Å². The van der Waals surface area contributed by atoms with Gasteiger partial charge in [0.2, 0.25) is 0 Å². The Balaban J connectivity index is 1.95. The molecule has 2 aromatic rings. The van der Waals surface area contributed by atoms with Crippen molar-refractivity contribution in [2.24, 2.45) is 0 Å². The van der Waals surface area contributed by atoms with Crippen molar-refractivity contribution in [3.05, 3.63) is 57.8 Å². The van der Waals surface area contributed by atoms with Gasteiger partial charge in [0.05, 0.1) is 11.9 Å². The standard InChI is InChI=1S/C13H9BrClN3OS/c14-9-3-1-8(2-4-9)12(19)18-13(20)17-10-5-6-11(15)16-7-10/h1-7H,(H2,17,18,19,20). The number of nitrogens with zero attached hydrogens (tertiary/aromatic N) is 1. The van der Waals surface area contributed by atoms with Crippen LogP contribution in [0.2, 0.25) is 5.15 Å². The summed E-state index contributed by atoms with van der Waals surface area (Å²) in [4.78, 5) is 15.8. The number of nitrogens with one attached hydrogen (secondary N) is 2. The molecule has 1 amide bonds. The van der Waals surface area contributed by atoms with E-state index >= 15 is 0 Å². The molecule has 2 N–H and O–H groups in total. The number of aromatic nitrogens is 1. The van der Waals surface area contributed by atoms with Gasteiger partial charge >= 0.3 is 0 Å². The second kappa shape index (κ2) is 6.78. The average molecular weight is 371 g/mol. The predicted molar refractivity (Wildman–Crippen MR) is 87.1 cm³/mol. The topological polar surface area (TPSA) is 54.0 Å². The van der Waals surface area contributed by atoms with Crippen molar-refractivity contribution < 1.29 is 4.79 Å². The number of anilines is 1. The number of hydrogen-bond donors (Lipinski definition) is 2. The molecule has 2 rings (SSSR count). The minimum atomic E-state index is -0.281. The zero-order valence-electron chi connectivity index (χ0n) is 10.1. The van der Waals surface area contributed by atoms with E-state index in [0.29, 0.717) is 16.4 Å². The molecule has 1 aromatic carbocycles. The molecule has 0 unspecified atom stereocenters. The van der Waals surface area contributed by atoms with E-state index < -0.39 is 0 Å². The van der Waals surface area contributed by atoms with Crippen LogP contribution < -0.4 is 10.6 Å². The lowest BCUT2D eigenvalue weighted by Crippen LogP contribution is -2.34. The van der Waals surface area contributed by atoms with Crippen LogP contribution >= 0.6 is 39.7 Å². The molecule has 20 heavy (non-hydrogen) atoms. The van der Waals surface area contributed by atoms with Gasteiger partial charge in [0, 0.05) is 10.0 Å². The molecular weight excluding hydrogens is 362 g/mol. The number of benzene rings is 1. The van der Waals surface area contributed by atoms with Gasteiger partial charge in [-0.25, -0.2) is 4.98 Å². The summed E-state index contributed by atoms with van der Waals surface area (Å²) in [5.41, 5.74) is 1.17.